The van der Waals surface area contributed by atoms with Gasteiger partial charge in [0.1, 0.15) is 17.7 Å². The number of aliphatic hydroxyl groups is 2. The smallest absolute Gasteiger partial charge is 0.222 e. The van der Waals surface area contributed by atoms with E-state index < -0.39 is 12.3 Å². The average molecular weight is 447 g/mol. The van der Waals surface area contributed by atoms with Crippen LogP contribution in [-0.4, -0.2) is 60.7 Å². The molecule has 1 fully saturated rings. The van der Waals surface area contributed by atoms with Gasteiger partial charge in [0.2, 0.25) is 5.91 Å². The van der Waals surface area contributed by atoms with E-state index in [1.54, 1.807) is 26.4 Å². The molecule has 1 aliphatic heterocycles. The number of nitrogens with two attached hydrogens (primary N) is 1. The number of carbonyl (C=O) groups is 1. The maximum atomic E-state index is 13.4. The topological polar surface area (TPSA) is 105 Å². The predicted octanol–water partition coefficient (Wildman–Crippen LogP) is 2.33. The second kappa shape index (κ2) is 10.7. The zero-order valence-electron chi connectivity index (χ0n) is 19.6. The molecule has 0 aromatic rings. The number of amides is 1. The molecule has 7 atom stereocenters. The third-order valence-corrected chi connectivity index (χ3v) is 6.93. The molecule has 3 aliphatic rings. The van der Waals surface area contributed by atoms with Crippen molar-refractivity contribution >= 4 is 5.91 Å². The first-order valence-corrected chi connectivity index (χ1v) is 11.5. The number of piperidine rings is 1. The number of carbonyl (C=O) groups excluding carboxylic acids is 1. The van der Waals surface area contributed by atoms with Gasteiger partial charge in [-0.1, -0.05) is 32.1 Å². The average Bonchev–Trinajstić information content (AvgIpc) is 2.76. The van der Waals surface area contributed by atoms with Crippen LogP contribution in [0.5, 0.6) is 0 Å². The molecular weight excluding hydrogens is 408 g/mol. The van der Waals surface area contributed by atoms with Crippen LogP contribution in [0.3, 0.4) is 0 Å². The molecule has 0 aromatic heterocycles. The fourth-order valence-corrected chi connectivity index (χ4v) is 5.44. The third-order valence-electron chi connectivity index (χ3n) is 6.93. The molecule has 3 rings (SSSR count). The van der Waals surface area contributed by atoms with Gasteiger partial charge in [-0.3, -0.25) is 4.79 Å². The van der Waals surface area contributed by atoms with Crippen LogP contribution in [0.15, 0.2) is 47.5 Å². The van der Waals surface area contributed by atoms with E-state index in [4.69, 9.17) is 15.2 Å². The van der Waals surface area contributed by atoms with Gasteiger partial charge in [0.05, 0.1) is 26.2 Å². The van der Waals surface area contributed by atoms with Crippen LogP contribution in [0.1, 0.15) is 33.1 Å². The Balaban J connectivity index is 1.87. The zero-order valence-corrected chi connectivity index (χ0v) is 19.6. The SMILES string of the molecule is COC1=CC(O)[C@@H](C(CC(=O)N2CC(C)CC(C)C2)[C@@H]2C=CC(C(N)O)=CC2)C(OC)=C1. The lowest BCUT2D eigenvalue weighted by atomic mass is 9.71. The number of ether oxygens (including phenoxy) is 2. The Kier molecular flexibility index (Phi) is 8.20. The molecule has 0 aromatic carbocycles. The minimum atomic E-state index is -1.02. The first-order chi connectivity index (χ1) is 15.2. The molecule has 1 amide bonds. The van der Waals surface area contributed by atoms with E-state index >= 15 is 0 Å². The standard InChI is InChI=1S/C25H38N2O5/c1-15-9-16(2)14-27(13-15)23(29)12-20(17-5-7-18(8-6-17)25(26)30)24-21(28)10-19(31-3)11-22(24)32-4/h5,7-8,10-11,15-17,20-21,24-25,28,30H,6,9,12-14,26H2,1-4H3/t15?,16?,17-,20?,21?,24-,25?/m1/s1. The number of likely N-dealkylation sites (tertiary alicyclic amines) is 1. The molecule has 0 radical (unpaired) electrons. The molecule has 0 spiro atoms. The Morgan fingerprint density at radius 1 is 1.25 bits per heavy atom. The van der Waals surface area contributed by atoms with E-state index in [0.29, 0.717) is 41.8 Å². The molecule has 2 aliphatic carbocycles. The number of hydrogen-bond acceptors (Lipinski definition) is 6. The van der Waals surface area contributed by atoms with E-state index in [1.165, 1.54) is 0 Å². The second-order valence-corrected chi connectivity index (χ2v) is 9.56. The number of nitrogens with zero attached hydrogens (tertiary/aromatic N) is 1. The number of rotatable bonds is 7. The van der Waals surface area contributed by atoms with Crippen LogP contribution < -0.4 is 5.73 Å². The van der Waals surface area contributed by atoms with E-state index in [-0.39, 0.29) is 23.7 Å². The lowest BCUT2D eigenvalue weighted by Gasteiger charge is -2.40. The van der Waals surface area contributed by atoms with Crippen molar-refractivity contribution in [2.45, 2.75) is 45.4 Å². The summed E-state index contributed by atoms with van der Waals surface area (Å²) in [5, 5.41) is 20.7. The Bertz CT molecular complexity index is 790. The van der Waals surface area contributed by atoms with Crippen molar-refractivity contribution < 1.29 is 24.5 Å². The van der Waals surface area contributed by atoms with Crippen molar-refractivity contribution in [2.75, 3.05) is 27.3 Å². The van der Waals surface area contributed by atoms with E-state index in [0.717, 1.165) is 19.5 Å². The summed E-state index contributed by atoms with van der Waals surface area (Å²) in [6.07, 6.45) is 9.42. The highest BCUT2D eigenvalue weighted by molar-refractivity contribution is 5.76. The largest absolute Gasteiger partial charge is 0.501 e. The first-order valence-electron chi connectivity index (χ1n) is 11.5. The number of methoxy groups -OCH3 is 2. The molecule has 7 nitrogen and oxygen atoms in total. The second-order valence-electron chi connectivity index (χ2n) is 9.56. The summed E-state index contributed by atoms with van der Waals surface area (Å²) in [7, 11) is 3.13. The molecule has 178 valence electrons. The fourth-order valence-electron chi connectivity index (χ4n) is 5.44. The van der Waals surface area contributed by atoms with Gasteiger partial charge < -0.3 is 30.3 Å². The highest BCUT2D eigenvalue weighted by Crippen LogP contribution is 2.41. The van der Waals surface area contributed by atoms with Gasteiger partial charge in [0.15, 0.2) is 0 Å². The molecule has 0 bridgehead atoms. The Morgan fingerprint density at radius 3 is 2.47 bits per heavy atom. The molecule has 4 N–H and O–H groups in total. The highest BCUT2D eigenvalue weighted by atomic mass is 16.5. The van der Waals surface area contributed by atoms with Crippen molar-refractivity contribution in [2.24, 2.45) is 35.3 Å². The van der Waals surface area contributed by atoms with Crippen molar-refractivity contribution in [3.05, 3.63) is 47.5 Å². The summed E-state index contributed by atoms with van der Waals surface area (Å²) in [6.45, 7) is 5.92. The molecular formula is C25H38N2O5. The molecule has 0 saturated carbocycles. The fraction of sp³-hybridized carbons (Fsp3) is 0.640. The summed E-state index contributed by atoms with van der Waals surface area (Å²) >= 11 is 0. The van der Waals surface area contributed by atoms with Gasteiger partial charge in [0, 0.05) is 25.6 Å². The van der Waals surface area contributed by atoms with Gasteiger partial charge in [-0.25, -0.2) is 0 Å². The molecule has 1 saturated heterocycles. The quantitative estimate of drug-likeness (QED) is 0.519. The van der Waals surface area contributed by atoms with E-state index in [9.17, 15) is 15.0 Å². The van der Waals surface area contributed by atoms with Crippen LogP contribution in [0, 0.1) is 29.6 Å². The van der Waals surface area contributed by atoms with Gasteiger partial charge in [-0.05, 0) is 48.2 Å². The predicted molar refractivity (Wildman–Crippen MR) is 123 cm³/mol. The number of aliphatic hydroxyl groups excluding tert-OH is 2. The maximum absolute atomic E-state index is 13.4. The van der Waals surface area contributed by atoms with E-state index in [1.807, 2.05) is 23.1 Å². The van der Waals surface area contributed by atoms with Crippen molar-refractivity contribution in [3.63, 3.8) is 0 Å². The van der Waals surface area contributed by atoms with Gasteiger partial charge in [-0.15, -0.1) is 0 Å². The zero-order chi connectivity index (χ0) is 23.4. The van der Waals surface area contributed by atoms with Crippen LogP contribution in [0.25, 0.3) is 0 Å². The first kappa shape index (κ1) is 24.6. The Morgan fingerprint density at radius 2 is 1.94 bits per heavy atom. The monoisotopic (exact) mass is 446 g/mol. The van der Waals surface area contributed by atoms with Crippen LogP contribution in [-0.2, 0) is 14.3 Å². The Labute approximate surface area is 191 Å². The van der Waals surface area contributed by atoms with Crippen LogP contribution in [0.4, 0.5) is 0 Å². The van der Waals surface area contributed by atoms with Gasteiger partial charge >= 0.3 is 0 Å². The number of allylic oxidation sites excluding steroid dienone is 3. The van der Waals surface area contributed by atoms with Gasteiger partial charge in [0.25, 0.3) is 0 Å². The lowest BCUT2D eigenvalue weighted by molar-refractivity contribution is -0.136. The summed E-state index contributed by atoms with van der Waals surface area (Å²) in [5.74, 6) is 1.66. The summed E-state index contributed by atoms with van der Waals surface area (Å²) in [4.78, 5) is 15.4. The van der Waals surface area contributed by atoms with E-state index in [2.05, 4.69) is 13.8 Å². The van der Waals surface area contributed by atoms with Crippen molar-refractivity contribution in [1.29, 1.82) is 0 Å². The summed E-state index contributed by atoms with van der Waals surface area (Å²) in [5.41, 5.74) is 6.28. The van der Waals surface area contributed by atoms with Crippen LogP contribution >= 0.6 is 0 Å². The summed E-state index contributed by atoms with van der Waals surface area (Å²) in [6, 6.07) is 0. The van der Waals surface area contributed by atoms with Crippen LogP contribution in [0.2, 0.25) is 0 Å². The Hall–Kier alpha value is -2.09. The molecule has 7 heteroatoms. The molecule has 32 heavy (non-hydrogen) atoms. The van der Waals surface area contributed by atoms with Gasteiger partial charge in [-0.2, -0.15) is 0 Å². The minimum absolute atomic E-state index is 0.00298. The third kappa shape index (κ3) is 5.63. The minimum Gasteiger partial charge on any atom is -0.501 e. The van der Waals surface area contributed by atoms with Crippen molar-refractivity contribution in [1.82, 2.24) is 4.90 Å². The highest BCUT2D eigenvalue weighted by Gasteiger charge is 2.40. The normalized spacial score (nSPS) is 32.4. The summed E-state index contributed by atoms with van der Waals surface area (Å²) < 4.78 is 11.0. The number of hydrogen-bond donors (Lipinski definition) is 3. The van der Waals surface area contributed by atoms with Crippen molar-refractivity contribution in [3.8, 4) is 0 Å². The lowest BCUT2D eigenvalue weighted by Crippen LogP contribution is -2.45. The molecule has 5 unspecified atom stereocenters. The molecule has 1 heterocycles. The maximum Gasteiger partial charge on any atom is 0.222 e.